The highest BCUT2D eigenvalue weighted by atomic mass is 35.5. The molecule has 0 bridgehead atoms. The number of aryl methyl sites for hydroxylation is 2. The smallest absolute Gasteiger partial charge is 0.0847 e. The molecule has 0 aliphatic heterocycles. The Morgan fingerprint density at radius 2 is 1.90 bits per heavy atom. The van der Waals surface area contributed by atoms with E-state index in [2.05, 4.69) is 24.3 Å². The summed E-state index contributed by atoms with van der Waals surface area (Å²) in [5.41, 5.74) is 2.18. The lowest BCUT2D eigenvalue weighted by atomic mass is 9.84. The molecule has 120 valence electrons. The van der Waals surface area contributed by atoms with Crippen molar-refractivity contribution in [3.8, 4) is 0 Å². The molecule has 0 radical (unpaired) electrons. The minimum atomic E-state index is 0.566. The molecule has 1 aliphatic rings. The van der Waals surface area contributed by atoms with E-state index in [-0.39, 0.29) is 0 Å². The van der Waals surface area contributed by atoms with Gasteiger partial charge in [0, 0.05) is 13.1 Å². The Hall–Kier alpha value is -0.540. The van der Waals surface area contributed by atoms with E-state index in [1.165, 1.54) is 37.8 Å². The molecule has 1 N–H and O–H groups in total. The summed E-state index contributed by atoms with van der Waals surface area (Å²) < 4.78 is 1.98. The number of rotatable bonds is 5. The van der Waals surface area contributed by atoms with E-state index in [4.69, 9.17) is 11.6 Å². The third-order valence-electron chi connectivity index (χ3n) is 4.82. The van der Waals surface area contributed by atoms with Gasteiger partial charge in [0.1, 0.15) is 0 Å². The fraction of sp³-hybridized carbons (Fsp3) is 0.824. The van der Waals surface area contributed by atoms with Crippen LogP contribution in [0.15, 0.2) is 0 Å². The van der Waals surface area contributed by atoms with Crippen molar-refractivity contribution in [2.24, 2.45) is 18.9 Å². The maximum Gasteiger partial charge on any atom is 0.0847 e. The van der Waals surface area contributed by atoms with Gasteiger partial charge in [-0.3, -0.25) is 4.68 Å². The second-order valence-corrected chi connectivity index (χ2v) is 7.27. The van der Waals surface area contributed by atoms with E-state index in [9.17, 15) is 0 Å². The first-order valence-electron chi connectivity index (χ1n) is 8.40. The Kier molecular flexibility index (Phi) is 6.12. The van der Waals surface area contributed by atoms with Gasteiger partial charge in [0.2, 0.25) is 0 Å². The van der Waals surface area contributed by atoms with Crippen LogP contribution in [0.4, 0.5) is 0 Å². The highest BCUT2D eigenvalue weighted by Gasteiger charge is 2.26. The summed E-state index contributed by atoms with van der Waals surface area (Å²) in [6, 6.07) is 0.566. The normalized spacial score (nSPS) is 23.5. The van der Waals surface area contributed by atoms with Gasteiger partial charge in [-0.25, -0.2) is 0 Å². The SMILES string of the molecule is Cc1nn(C)c(CC2CCCCCC2CNC(C)C)c1Cl. The largest absolute Gasteiger partial charge is 0.314 e. The van der Waals surface area contributed by atoms with Gasteiger partial charge in [0.15, 0.2) is 0 Å². The first kappa shape index (κ1) is 16.8. The van der Waals surface area contributed by atoms with Crippen molar-refractivity contribution in [3.63, 3.8) is 0 Å². The molecule has 0 saturated heterocycles. The van der Waals surface area contributed by atoms with Crippen LogP contribution >= 0.6 is 11.6 Å². The van der Waals surface area contributed by atoms with Crippen molar-refractivity contribution >= 4 is 11.6 Å². The summed E-state index contributed by atoms with van der Waals surface area (Å²) in [7, 11) is 2.02. The number of nitrogens with zero attached hydrogens (tertiary/aromatic N) is 2. The molecule has 1 aromatic rings. The van der Waals surface area contributed by atoms with Gasteiger partial charge in [-0.2, -0.15) is 5.10 Å². The molecule has 1 fully saturated rings. The van der Waals surface area contributed by atoms with Crippen molar-refractivity contribution in [2.45, 2.75) is 65.3 Å². The van der Waals surface area contributed by atoms with Gasteiger partial charge in [-0.1, -0.05) is 44.7 Å². The minimum Gasteiger partial charge on any atom is -0.314 e. The standard InChI is InChI=1S/C17H30ClN3/c1-12(2)19-11-15-9-7-5-6-8-14(15)10-16-17(18)13(3)20-21(16)4/h12,14-15,19H,5-11H2,1-4H3. The van der Waals surface area contributed by atoms with Crippen LogP contribution in [-0.2, 0) is 13.5 Å². The third-order valence-corrected chi connectivity index (χ3v) is 5.31. The van der Waals surface area contributed by atoms with Crippen molar-refractivity contribution in [3.05, 3.63) is 16.4 Å². The van der Waals surface area contributed by atoms with E-state index >= 15 is 0 Å². The molecule has 1 aromatic heterocycles. The molecule has 0 amide bonds. The van der Waals surface area contributed by atoms with Crippen LogP contribution in [0.5, 0.6) is 0 Å². The molecule has 21 heavy (non-hydrogen) atoms. The molecule has 4 heteroatoms. The lowest BCUT2D eigenvalue weighted by molar-refractivity contribution is 0.287. The van der Waals surface area contributed by atoms with E-state index in [1.54, 1.807) is 0 Å². The van der Waals surface area contributed by atoms with Crippen molar-refractivity contribution in [1.29, 1.82) is 0 Å². The molecular formula is C17H30ClN3. The molecule has 1 saturated carbocycles. The Labute approximate surface area is 134 Å². The predicted octanol–water partition coefficient (Wildman–Crippen LogP) is 4.12. The zero-order valence-corrected chi connectivity index (χ0v) is 14.7. The zero-order valence-electron chi connectivity index (χ0n) is 14.0. The molecule has 2 rings (SSSR count). The van der Waals surface area contributed by atoms with Crippen molar-refractivity contribution < 1.29 is 0 Å². The maximum atomic E-state index is 6.45. The summed E-state index contributed by atoms with van der Waals surface area (Å²) in [5.74, 6) is 1.49. The van der Waals surface area contributed by atoms with E-state index in [0.29, 0.717) is 6.04 Å². The summed E-state index contributed by atoms with van der Waals surface area (Å²) in [6.07, 6.45) is 7.85. The van der Waals surface area contributed by atoms with Crippen LogP contribution in [0.2, 0.25) is 5.02 Å². The van der Waals surface area contributed by atoms with Crippen LogP contribution in [-0.4, -0.2) is 22.4 Å². The quantitative estimate of drug-likeness (QED) is 0.829. The Balaban J connectivity index is 2.09. The molecule has 2 atom stereocenters. The Morgan fingerprint density at radius 3 is 2.48 bits per heavy atom. The van der Waals surface area contributed by atoms with E-state index < -0.39 is 0 Å². The third kappa shape index (κ3) is 4.46. The lowest BCUT2D eigenvalue weighted by Crippen LogP contribution is -2.33. The number of hydrogen-bond acceptors (Lipinski definition) is 2. The summed E-state index contributed by atoms with van der Waals surface area (Å²) in [6.45, 7) is 7.59. The van der Waals surface area contributed by atoms with Crippen LogP contribution in [0.3, 0.4) is 0 Å². The molecular weight excluding hydrogens is 282 g/mol. The average molecular weight is 312 g/mol. The molecule has 3 nitrogen and oxygen atoms in total. The van der Waals surface area contributed by atoms with Crippen LogP contribution in [0, 0.1) is 18.8 Å². The Morgan fingerprint density at radius 1 is 1.24 bits per heavy atom. The van der Waals surface area contributed by atoms with Gasteiger partial charge in [-0.05, 0) is 44.6 Å². The second-order valence-electron chi connectivity index (χ2n) is 6.89. The molecule has 0 aromatic carbocycles. The van der Waals surface area contributed by atoms with Gasteiger partial charge >= 0.3 is 0 Å². The first-order chi connectivity index (χ1) is 9.99. The van der Waals surface area contributed by atoms with E-state index in [1.807, 2.05) is 18.7 Å². The van der Waals surface area contributed by atoms with E-state index in [0.717, 1.165) is 35.5 Å². The monoisotopic (exact) mass is 311 g/mol. The van der Waals surface area contributed by atoms with Gasteiger partial charge in [0.25, 0.3) is 0 Å². The van der Waals surface area contributed by atoms with Crippen LogP contribution < -0.4 is 5.32 Å². The second kappa shape index (κ2) is 7.64. The number of aromatic nitrogens is 2. The summed E-state index contributed by atoms with van der Waals surface area (Å²) in [4.78, 5) is 0. The maximum absolute atomic E-state index is 6.45. The fourth-order valence-electron chi connectivity index (χ4n) is 3.54. The predicted molar refractivity (Wildman–Crippen MR) is 89.9 cm³/mol. The highest BCUT2D eigenvalue weighted by Crippen LogP contribution is 2.33. The molecule has 2 unspecified atom stereocenters. The van der Waals surface area contributed by atoms with Crippen LogP contribution in [0.1, 0.15) is 57.3 Å². The van der Waals surface area contributed by atoms with Crippen molar-refractivity contribution in [1.82, 2.24) is 15.1 Å². The lowest BCUT2D eigenvalue weighted by Gasteiger charge is -2.26. The molecule has 1 heterocycles. The topological polar surface area (TPSA) is 29.9 Å². The zero-order chi connectivity index (χ0) is 15.4. The fourth-order valence-corrected chi connectivity index (χ4v) is 3.77. The van der Waals surface area contributed by atoms with Gasteiger partial charge in [-0.15, -0.1) is 0 Å². The number of halogens is 1. The molecule has 0 spiro atoms. The van der Waals surface area contributed by atoms with Crippen LogP contribution in [0.25, 0.3) is 0 Å². The Bertz CT molecular complexity index is 453. The number of nitrogens with one attached hydrogen (secondary N) is 1. The first-order valence-corrected chi connectivity index (χ1v) is 8.78. The van der Waals surface area contributed by atoms with Gasteiger partial charge in [0.05, 0.1) is 16.4 Å². The number of hydrogen-bond donors (Lipinski definition) is 1. The van der Waals surface area contributed by atoms with Gasteiger partial charge < -0.3 is 5.32 Å². The highest BCUT2D eigenvalue weighted by molar-refractivity contribution is 6.31. The molecule has 1 aliphatic carbocycles. The van der Waals surface area contributed by atoms with Crippen molar-refractivity contribution in [2.75, 3.05) is 6.54 Å². The summed E-state index contributed by atoms with van der Waals surface area (Å²) >= 11 is 6.45. The summed E-state index contributed by atoms with van der Waals surface area (Å²) in [5, 5.41) is 8.98. The average Bonchev–Trinajstić information content (AvgIpc) is 2.60. The minimum absolute atomic E-state index is 0.566.